The first-order chi connectivity index (χ1) is 9.38. The van der Waals surface area contributed by atoms with Gasteiger partial charge in [0, 0.05) is 11.3 Å². The van der Waals surface area contributed by atoms with Gasteiger partial charge in [0.2, 0.25) is 0 Å². The van der Waals surface area contributed by atoms with Crippen LogP contribution >= 0.6 is 11.8 Å². The standard InChI is InChI=1S/C17H21NS/c1-18-16(17-10-5-11-19-17)12-14-8-4-7-13-6-2-3-9-15(13)14/h2-4,6-9,16-18H,5,10-12H2,1H3. The molecule has 2 atom stereocenters. The second-order valence-corrected chi connectivity index (χ2v) is 6.64. The number of hydrogen-bond acceptors (Lipinski definition) is 2. The van der Waals surface area contributed by atoms with Gasteiger partial charge in [-0.05, 0) is 48.4 Å². The van der Waals surface area contributed by atoms with Crippen molar-refractivity contribution in [2.45, 2.75) is 30.6 Å². The van der Waals surface area contributed by atoms with Crippen LogP contribution in [0.3, 0.4) is 0 Å². The van der Waals surface area contributed by atoms with Crippen LogP contribution in [0, 0.1) is 0 Å². The third kappa shape index (κ3) is 2.80. The molecule has 3 rings (SSSR count). The van der Waals surface area contributed by atoms with E-state index < -0.39 is 0 Å². The molecule has 1 saturated heterocycles. The zero-order valence-corrected chi connectivity index (χ0v) is 12.2. The van der Waals surface area contributed by atoms with E-state index >= 15 is 0 Å². The van der Waals surface area contributed by atoms with Gasteiger partial charge in [-0.1, -0.05) is 42.5 Å². The maximum absolute atomic E-state index is 3.54. The minimum absolute atomic E-state index is 0.596. The highest BCUT2D eigenvalue weighted by atomic mass is 32.2. The van der Waals surface area contributed by atoms with Crippen LogP contribution in [0.4, 0.5) is 0 Å². The lowest BCUT2D eigenvalue weighted by Gasteiger charge is -2.23. The molecule has 1 aliphatic rings. The monoisotopic (exact) mass is 271 g/mol. The molecular weight excluding hydrogens is 250 g/mol. The van der Waals surface area contributed by atoms with Crippen LogP contribution in [0.15, 0.2) is 42.5 Å². The van der Waals surface area contributed by atoms with E-state index in [9.17, 15) is 0 Å². The molecule has 1 fully saturated rings. The Balaban J connectivity index is 1.87. The van der Waals surface area contributed by atoms with Crippen molar-refractivity contribution in [1.82, 2.24) is 5.32 Å². The van der Waals surface area contributed by atoms with Gasteiger partial charge in [-0.25, -0.2) is 0 Å². The van der Waals surface area contributed by atoms with Crippen molar-refractivity contribution in [3.05, 3.63) is 48.0 Å². The summed E-state index contributed by atoms with van der Waals surface area (Å²) >= 11 is 2.14. The van der Waals surface area contributed by atoms with E-state index in [1.54, 1.807) is 0 Å². The highest BCUT2D eigenvalue weighted by Gasteiger charge is 2.24. The molecule has 0 spiro atoms. The van der Waals surface area contributed by atoms with Gasteiger partial charge >= 0.3 is 0 Å². The minimum atomic E-state index is 0.596. The fourth-order valence-electron chi connectivity index (χ4n) is 3.05. The number of thioether (sulfide) groups is 1. The molecule has 0 radical (unpaired) electrons. The zero-order chi connectivity index (χ0) is 13.1. The Morgan fingerprint density at radius 1 is 1.21 bits per heavy atom. The van der Waals surface area contributed by atoms with Crippen molar-refractivity contribution in [3.8, 4) is 0 Å². The molecule has 1 heterocycles. The quantitative estimate of drug-likeness (QED) is 0.906. The molecule has 2 unspecified atom stereocenters. The summed E-state index contributed by atoms with van der Waals surface area (Å²) in [4.78, 5) is 0. The molecule has 1 nitrogen and oxygen atoms in total. The lowest BCUT2D eigenvalue weighted by molar-refractivity contribution is 0.525. The summed E-state index contributed by atoms with van der Waals surface area (Å²) in [6.45, 7) is 0. The summed E-state index contributed by atoms with van der Waals surface area (Å²) < 4.78 is 0. The fraction of sp³-hybridized carbons (Fsp3) is 0.412. The second kappa shape index (κ2) is 5.98. The normalized spacial score (nSPS) is 20.8. The third-order valence-electron chi connectivity index (χ3n) is 4.10. The maximum atomic E-state index is 3.54. The first-order valence-electron chi connectivity index (χ1n) is 7.14. The number of hydrogen-bond donors (Lipinski definition) is 1. The van der Waals surface area contributed by atoms with Crippen LogP contribution in [0.2, 0.25) is 0 Å². The molecule has 0 bridgehead atoms. The van der Waals surface area contributed by atoms with Gasteiger partial charge < -0.3 is 5.32 Å². The Morgan fingerprint density at radius 3 is 2.84 bits per heavy atom. The van der Waals surface area contributed by atoms with Crippen molar-refractivity contribution >= 4 is 22.5 Å². The lowest BCUT2D eigenvalue weighted by Crippen LogP contribution is -2.36. The highest BCUT2D eigenvalue weighted by molar-refractivity contribution is 8.00. The zero-order valence-electron chi connectivity index (χ0n) is 11.4. The molecule has 0 saturated carbocycles. The van der Waals surface area contributed by atoms with Crippen LogP contribution < -0.4 is 5.32 Å². The summed E-state index contributed by atoms with van der Waals surface area (Å²) in [7, 11) is 2.11. The topological polar surface area (TPSA) is 12.0 Å². The highest BCUT2D eigenvalue weighted by Crippen LogP contribution is 2.31. The Morgan fingerprint density at radius 2 is 2.05 bits per heavy atom. The van der Waals surface area contributed by atoms with Crippen LogP contribution in [-0.2, 0) is 6.42 Å². The molecule has 0 aromatic heterocycles. The minimum Gasteiger partial charge on any atom is -0.316 e. The Hall–Kier alpha value is -0.990. The van der Waals surface area contributed by atoms with Gasteiger partial charge in [0.25, 0.3) is 0 Å². The first-order valence-corrected chi connectivity index (χ1v) is 8.19. The summed E-state index contributed by atoms with van der Waals surface area (Å²) in [5.74, 6) is 1.33. The van der Waals surface area contributed by atoms with E-state index in [2.05, 4.69) is 66.6 Å². The molecule has 100 valence electrons. The predicted molar refractivity (Wildman–Crippen MR) is 86.0 cm³/mol. The van der Waals surface area contributed by atoms with E-state index in [1.165, 1.54) is 34.9 Å². The van der Waals surface area contributed by atoms with Crippen molar-refractivity contribution in [2.24, 2.45) is 0 Å². The van der Waals surface area contributed by atoms with Crippen LogP contribution in [-0.4, -0.2) is 24.1 Å². The Kier molecular flexibility index (Phi) is 4.09. The third-order valence-corrected chi connectivity index (χ3v) is 5.62. The van der Waals surface area contributed by atoms with Gasteiger partial charge in [-0.3, -0.25) is 0 Å². The van der Waals surface area contributed by atoms with E-state index in [-0.39, 0.29) is 0 Å². The van der Waals surface area contributed by atoms with Gasteiger partial charge in [0.05, 0.1) is 0 Å². The number of likely N-dealkylation sites (N-methyl/N-ethyl adjacent to an activating group) is 1. The molecule has 1 aliphatic heterocycles. The second-order valence-electron chi connectivity index (χ2n) is 5.29. The number of benzene rings is 2. The van der Waals surface area contributed by atoms with E-state index in [0.29, 0.717) is 6.04 Å². The van der Waals surface area contributed by atoms with E-state index in [1.807, 2.05) is 0 Å². The molecule has 19 heavy (non-hydrogen) atoms. The van der Waals surface area contributed by atoms with E-state index in [0.717, 1.165) is 11.7 Å². The summed E-state index contributed by atoms with van der Waals surface area (Å²) in [5, 5.41) is 7.08. The summed E-state index contributed by atoms with van der Waals surface area (Å²) in [6, 6.07) is 16.0. The molecular formula is C17H21NS. The molecule has 0 amide bonds. The van der Waals surface area contributed by atoms with Gasteiger partial charge in [0.15, 0.2) is 0 Å². The maximum Gasteiger partial charge on any atom is 0.0224 e. The average molecular weight is 271 g/mol. The van der Waals surface area contributed by atoms with Crippen LogP contribution in [0.1, 0.15) is 18.4 Å². The first kappa shape index (κ1) is 13.0. The molecule has 2 heteroatoms. The van der Waals surface area contributed by atoms with Gasteiger partial charge in [-0.2, -0.15) is 11.8 Å². The van der Waals surface area contributed by atoms with Crippen LogP contribution in [0.5, 0.6) is 0 Å². The fourth-order valence-corrected chi connectivity index (χ4v) is 4.48. The number of fused-ring (bicyclic) bond motifs is 1. The van der Waals surface area contributed by atoms with Gasteiger partial charge in [0.1, 0.15) is 0 Å². The molecule has 2 aromatic carbocycles. The number of rotatable bonds is 4. The predicted octanol–water partition coefficient (Wildman–Crippen LogP) is 3.87. The van der Waals surface area contributed by atoms with Crippen molar-refractivity contribution < 1.29 is 0 Å². The Bertz CT molecular complexity index is 540. The van der Waals surface area contributed by atoms with Crippen molar-refractivity contribution in [3.63, 3.8) is 0 Å². The van der Waals surface area contributed by atoms with Gasteiger partial charge in [-0.15, -0.1) is 0 Å². The van der Waals surface area contributed by atoms with Crippen molar-refractivity contribution in [2.75, 3.05) is 12.8 Å². The lowest BCUT2D eigenvalue weighted by atomic mass is 9.96. The molecule has 0 aliphatic carbocycles. The largest absolute Gasteiger partial charge is 0.316 e. The SMILES string of the molecule is CNC(Cc1cccc2ccccc12)C1CCCS1. The summed E-state index contributed by atoms with van der Waals surface area (Å²) in [5.41, 5.74) is 1.48. The average Bonchev–Trinajstić information content (AvgIpc) is 2.99. The summed E-state index contributed by atoms with van der Waals surface area (Å²) in [6.07, 6.45) is 3.87. The smallest absolute Gasteiger partial charge is 0.0224 e. The molecule has 1 N–H and O–H groups in total. The molecule has 2 aromatic rings. The van der Waals surface area contributed by atoms with E-state index in [4.69, 9.17) is 0 Å². The Labute approximate surface area is 119 Å². The number of nitrogens with one attached hydrogen (secondary N) is 1. The van der Waals surface area contributed by atoms with Crippen molar-refractivity contribution in [1.29, 1.82) is 0 Å². The van der Waals surface area contributed by atoms with Crippen LogP contribution in [0.25, 0.3) is 10.8 Å².